The van der Waals surface area contributed by atoms with Gasteiger partial charge in [-0.15, -0.1) is 0 Å². The first-order valence-electron chi connectivity index (χ1n) is 9.95. The van der Waals surface area contributed by atoms with Crippen LogP contribution in [-0.4, -0.2) is 31.6 Å². The summed E-state index contributed by atoms with van der Waals surface area (Å²) in [6.45, 7) is 2.66. The first-order valence-corrected chi connectivity index (χ1v) is 9.95. The third-order valence-corrected chi connectivity index (χ3v) is 4.79. The van der Waals surface area contributed by atoms with Crippen LogP contribution < -0.4 is 22.4 Å². The van der Waals surface area contributed by atoms with Crippen LogP contribution in [0.5, 0.6) is 5.75 Å². The molecule has 31 heavy (non-hydrogen) atoms. The summed E-state index contributed by atoms with van der Waals surface area (Å²) in [6.07, 6.45) is 0.969. The lowest BCUT2D eigenvalue weighted by molar-refractivity contribution is 0.475. The fourth-order valence-corrected chi connectivity index (χ4v) is 3.08. The summed E-state index contributed by atoms with van der Waals surface area (Å²) in [7, 11) is 0. The Hall–Kier alpha value is -3.88. The maximum absolute atomic E-state index is 13.2. The van der Waals surface area contributed by atoms with Crippen LogP contribution in [0.2, 0.25) is 0 Å². The number of hydrogen-bond donors (Lipinski definition) is 4. The molecule has 5 N–H and O–H groups in total. The molecule has 1 aromatic heterocycles. The van der Waals surface area contributed by atoms with Gasteiger partial charge in [0.25, 0.3) is 0 Å². The lowest BCUT2D eigenvalue weighted by atomic mass is 10.1. The van der Waals surface area contributed by atoms with Crippen LogP contribution in [0.3, 0.4) is 0 Å². The highest BCUT2D eigenvalue weighted by atomic mass is 16.3. The van der Waals surface area contributed by atoms with E-state index in [1.165, 1.54) is 16.7 Å². The summed E-state index contributed by atoms with van der Waals surface area (Å²) >= 11 is 0. The van der Waals surface area contributed by atoms with Gasteiger partial charge < -0.3 is 16.2 Å². The van der Waals surface area contributed by atoms with Crippen LogP contribution in [-0.2, 0) is 13.1 Å². The number of hydrogen-bond acceptors (Lipinski definition) is 6. The lowest BCUT2D eigenvalue weighted by Crippen LogP contribution is -2.43. The number of benzene rings is 2. The quantitative estimate of drug-likeness (QED) is 0.235. The molecule has 3 aromatic rings. The fraction of sp³-hybridized carbons (Fsp3) is 0.273. The molecule has 2 aromatic carbocycles. The van der Waals surface area contributed by atoms with Crippen molar-refractivity contribution in [1.82, 2.24) is 14.1 Å². The van der Waals surface area contributed by atoms with Gasteiger partial charge in [0.05, 0.1) is 18.9 Å². The van der Waals surface area contributed by atoms with E-state index in [0.717, 1.165) is 21.3 Å². The van der Waals surface area contributed by atoms with Gasteiger partial charge in [0.15, 0.2) is 0 Å². The maximum Gasteiger partial charge on any atom is 0.355 e. The van der Waals surface area contributed by atoms with Gasteiger partial charge >= 0.3 is 11.4 Å². The zero-order valence-electron chi connectivity index (χ0n) is 17.3. The Morgan fingerprint density at radius 1 is 1.03 bits per heavy atom. The molecule has 0 aliphatic rings. The Morgan fingerprint density at radius 3 is 2.23 bits per heavy atom. The number of aromatic hydroxyl groups is 1. The first kappa shape index (κ1) is 21.8. The zero-order valence-corrected chi connectivity index (χ0v) is 17.3. The predicted molar refractivity (Wildman–Crippen MR) is 120 cm³/mol. The molecular weight excluding hydrogens is 396 g/mol. The van der Waals surface area contributed by atoms with Crippen LogP contribution in [0.1, 0.15) is 29.5 Å². The van der Waals surface area contributed by atoms with Crippen molar-refractivity contribution in [3.8, 4) is 5.75 Å². The van der Waals surface area contributed by atoms with Crippen LogP contribution in [0.25, 0.3) is 0 Å². The van der Waals surface area contributed by atoms with E-state index in [0.29, 0.717) is 19.4 Å². The van der Waals surface area contributed by atoms with E-state index in [4.69, 9.17) is 11.1 Å². The average Bonchev–Trinajstić information content (AvgIpc) is 2.73. The minimum atomic E-state index is -0.637. The highest BCUT2D eigenvalue weighted by Gasteiger charge is 2.14. The molecule has 3 rings (SSSR count). The number of anilines is 1. The van der Waals surface area contributed by atoms with Gasteiger partial charge in [0.1, 0.15) is 5.75 Å². The number of amidine groups is 1. The normalized spacial score (nSPS) is 10.7. The second kappa shape index (κ2) is 9.75. The number of phenols is 1. The monoisotopic (exact) mass is 422 g/mol. The SMILES string of the molecule is Cc1ccc(Cn2c(=O)nc(NCCCC(=N)N)n(Cc3ccc(O)cc3)c2=O)cc1. The topological polar surface area (TPSA) is 139 Å². The molecule has 0 saturated heterocycles. The van der Waals surface area contributed by atoms with Gasteiger partial charge in [0.2, 0.25) is 5.95 Å². The molecule has 1 heterocycles. The molecule has 0 fully saturated rings. The smallest absolute Gasteiger partial charge is 0.355 e. The van der Waals surface area contributed by atoms with E-state index in [-0.39, 0.29) is 30.6 Å². The molecule has 9 nitrogen and oxygen atoms in total. The highest BCUT2D eigenvalue weighted by Crippen LogP contribution is 2.12. The molecule has 0 aliphatic heterocycles. The number of nitrogens with zero attached hydrogens (tertiary/aromatic N) is 3. The van der Waals surface area contributed by atoms with Crippen molar-refractivity contribution < 1.29 is 5.11 Å². The molecule has 0 bridgehead atoms. The third-order valence-electron chi connectivity index (χ3n) is 4.79. The number of rotatable bonds is 9. The Kier molecular flexibility index (Phi) is 6.86. The van der Waals surface area contributed by atoms with Crippen molar-refractivity contribution in [2.24, 2.45) is 5.73 Å². The number of aromatic nitrogens is 3. The molecule has 0 radical (unpaired) electrons. The molecular formula is C22H26N6O3. The highest BCUT2D eigenvalue weighted by molar-refractivity contribution is 5.76. The summed E-state index contributed by atoms with van der Waals surface area (Å²) in [4.78, 5) is 30.0. The molecule has 0 spiro atoms. The van der Waals surface area contributed by atoms with E-state index >= 15 is 0 Å². The molecule has 9 heteroatoms. The number of aryl methyl sites for hydroxylation is 1. The molecule has 0 unspecified atom stereocenters. The number of phenolic OH excluding ortho intramolecular Hbond substituents is 1. The summed E-state index contributed by atoms with van der Waals surface area (Å²) in [6, 6.07) is 14.1. The summed E-state index contributed by atoms with van der Waals surface area (Å²) < 4.78 is 2.50. The Labute approximate surface area is 179 Å². The molecule has 0 saturated carbocycles. The second-order valence-electron chi connectivity index (χ2n) is 7.38. The molecule has 0 atom stereocenters. The second-order valence-corrected chi connectivity index (χ2v) is 7.38. The Balaban J connectivity index is 1.96. The van der Waals surface area contributed by atoms with E-state index in [1.807, 2.05) is 31.2 Å². The molecule has 0 amide bonds. The van der Waals surface area contributed by atoms with Crippen molar-refractivity contribution in [3.05, 3.63) is 86.2 Å². The van der Waals surface area contributed by atoms with Crippen molar-refractivity contribution >= 4 is 11.8 Å². The summed E-state index contributed by atoms with van der Waals surface area (Å²) in [5.41, 5.74) is 6.94. The number of nitrogens with two attached hydrogens (primary N) is 1. The van der Waals surface area contributed by atoms with E-state index in [9.17, 15) is 14.7 Å². The zero-order chi connectivity index (χ0) is 22.4. The average molecular weight is 422 g/mol. The largest absolute Gasteiger partial charge is 0.508 e. The van der Waals surface area contributed by atoms with Crippen LogP contribution in [0.4, 0.5) is 5.95 Å². The van der Waals surface area contributed by atoms with Crippen LogP contribution in [0, 0.1) is 12.3 Å². The maximum atomic E-state index is 13.2. The third kappa shape index (κ3) is 5.81. The van der Waals surface area contributed by atoms with Gasteiger partial charge in [-0.2, -0.15) is 4.98 Å². The Bertz CT molecular complexity index is 1160. The fourth-order valence-electron chi connectivity index (χ4n) is 3.08. The van der Waals surface area contributed by atoms with E-state index < -0.39 is 11.4 Å². The van der Waals surface area contributed by atoms with Crippen molar-refractivity contribution in [2.75, 3.05) is 11.9 Å². The van der Waals surface area contributed by atoms with Gasteiger partial charge in [0, 0.05) is 13.0 Å². The lowest BCUT2D eigenvalue weighted by Gasteiger charge is -2.16. The van der Waals surface area contributed by atoms with Gasteiger partial charge in [-0.25, -0.2) is 14.2 Å². The minimum absolute atomic E-state index is 0.0739. The van der Waals surface area contributed by atoms with Gasteiger partial charge in [-0.3, -0.25) is 9.98 Å². The first-order chi connectivity index (χ1) is 14.8. The minimum Gasteiger partial charge on any atom is -0.508 e. The van der Waals surface area contributed by atoms with E-state index in [2.05, 4.69) is 10.3 Å². The molecule has 162 valence electrons. The van der Waals surface area contributed by atoms with Crippen LogP contribution >= 0.6 is 0 Å². The van der Waals surface area contributed by atoms with Gasteiger partial charge in [-0.1, -0.05) is 42.0 Å². The van der Waals surface area contributed by atoms with Crippen LogP contribution in [0.15, 0.2) is 58.1 Å². The summed E-state index contributed by atoms with van der Waals surface area (Å²) in [5, 5.41) is 19.8. The van der Waals surface area contributed by atoms with Crippen molar-refractivity contribution in [1.29, 1.82) is 5.41 Å². The van der Waals surface area contributed by atoms with Gasteiger partial charge in [-0.05, 0) is 36.6 Å². The van der Waals surface area contributed by atoms with Crippen molar-refractivity contribution in [3.63, 3.8) is 0 Å². The summed E-state index contributed by atoms with van der Waals surface area (Å²) in [5.74, 6) is 0.359. The van der Waals surface area contributed by atoms with Crippen molar-refractivity contribution in [2.45, 2.75) is 32.9 Å². The Morgan fingerprint density at radius 2 is 1.61 bits per heavy atom. The standard InChI is InChI=1S/C22H26N6O3/c1-15-4-6-16(7-5-15)14-28-21(30)26-20(25-12-2-3-19(23)24)27(22(28)31)13-17-8-10-18(29)11-9-17/h4-11,29H,2-3,12-14H2,1H3,(H3,23,24)(H,25,26,30). The number of nitrogens with one attached hydrogen (secondary N) is 2. The van der Waals surface area contributed by atoms with E-state index in [1.54, 1.807) is 12.1 Å². The molecule has 0 aliphatic carbocycles. The predicted octanol–water partition coefficient (Wildman–Crippen LogP) is 1.64.